The molecular formula is C14H19F2N3OS. The maximum Gasteiger partial charge on any atom is 0.154 e. The quantitative estimate of drug-likeness (QED) is 0.610. The predicted molar refractivity (Wildman–Crippen MR) is 84.0 cm³/mol. The Labute approximate surface area is 123 Å². The van der Waals surface area contributed by atoms with Gasteiger partial charge in [0.05, 0.1) is 16.0 Å². The van der Waals surface area contributed by atoms with Crippen LogP contribution in [-0.2, 0) is 15.1 Å². The number of anilines is 1. The van der Waals surface area contributed by atoms with Crippen LogP contribution in [0.5, 0.6) is 0 Å². The van der Waals surface area contributed by atoms with Crippen LogP contribution in [0, 0.1) is 11.6 Å². The highest BCUT2D eigenvalue weighted by Crippen LogP contribution is 2.39. The Bertz CT molecular complexity index is 741. The van der Waals surface area contributed by atoms with Gasteiger partial charge in [-0.1, -0.05) is 0 Å². The highest BCUT2D eigenvalue weighted by Gasteiger charge is 2.47. The number of amidine groups is 1. The molecule has 0 fully saturated rings. The van der Waals surface area contributed by atoms with E-state index in [1.54, 1.807) is 13.8 Å². The Morgan fingerprint density at radius 1 is 1.29 bits per heavy atom. The Morgan fingerprint density at radius 3 is 2.38 bits per heavy atom. The molecule has 0 radical (unpaired) electrons. The van der Waals surface area contributed by atoms with Gasteiger partial charge in [0.2, 0.25) is 0 Å². The van der Waals surface area contributed by atoms with Crippen LogP contribution in [0.15, 0.2) is 17.1 Å². The van der Waals surface area contributed by atoms with E-state index < -0.39 is 31.4 Å². The summed E-state index contributed by atoms with van der Waals surface area (Å²) in [7, 11) is -2.74. The minimum absolute atomic E-state index is 0.0671. The summed E-state index contributed by atoms with van der Waals surface area (Å²) in [5.74, 6) is 1.99. The molecule has 4 N–H and O–H groups in total. The second kappa shape index (κ2) is 4.43. The van der Waals surface area contributed by atoms with Crippen LogP contribution in [0.2, 0.25) is 0 Å². The lowest BCUT2D eigenvalue weighted by Crippen LogP contribution is -2.55. The third-order valence-corrected chi connectivity index (χ3v) is 7.19. The molecule has 0 bridgehead atoms. The van der Waals surface area contributed by atoms with E-state index in [1.165, 1.54) is 6.92 Å². The summed E-state index contributed by atoms with van der Waals surface area (Å²) in [6, 6.07) is 2.20. The largest absolute Gasteiger partial charge is 0.396 e. The van der Waals surface area contributed by atoms with E-state index >= 15 is 0 Å². The summed E-state index contributed by atoms with van der Waals surface area (Å²) < 4.78 is 40.3. The van der Waals surface area contributed by atoms with Crippen molar-refractivity contribution in [3.63, 3.8) is 0 Å². The van der Waals surface area contributed by atoms with Crippen molar-refractivity contribution in [2.75, 3.05) is 11.5 Å². The van der Waals surface area contributed by atoms with Gasteiger partial charge in [-0.25, -0.2) is 8.78 Å². The lowest BCUT2D eigenvalue weighted by Gasteiger charge is -2.41. The fourth-order valence-electron chi connectivity index (χ4n) is 2.45. The average molecular weight is 315 g/mol. The van der Waals surface area contributed by atoms with E-state index in [2.05, 4.69) is 10.9 Å². The van der Waals surface area contributed by atoms with Gasteiger partial charge in [0.25, 0.3) is 0 Å². The lowest BCUT2D eigenvalue weighted by molar-refractivity contribution is 0.457. The number of aliphatic imine (C=N–C) groups is 1. The molecule has 4 nitrogen and oxygen atoms in total. The first-order valence-electron chi connectivity index (χ1n) is 6.36. The van der Waals surface area contributed by atoms with Gasteiger partial charge in [-0.3, -0.25) is 9.20 Å². The molecule has 0 amide bonds. The smallest absolute Gasteiger partial charge is 0.154 e. The third kappa shape index (κ3) is 2.19. The molecule has 0 aliphatic carbocycles. The zero-order valence-corrected chi connectivity index (χ0v) is 13.1. The van der Waals surface area contributed by atoms with E-state index in [-0.39, 0.29) is 22.8 Å². The molecule has 0 saturated heterocycles. The Kier molecular flexibility index (Phi) is 3.32. The maximum atomic E-state index is 14.3. The monoisotopic (exact) mass is 315 g/mol. The molecule has 1 aliphatic heterocycles. The zero-order valence-electron chi connectivity index (χ0n) is 12.2. The summed E-state index contributed by atoms with van der Waals surface area (Å²) in [5.41, 5.74) is 9.48. The summed E-state index contributed by atoms with van der Waals surface area (Å²) >= 11 is 0. The second-order valence-corrected chi connectivity index (χ2v) is 9.00. The number of nitrogen functional groups attached to an aromatic ring is 1. The molecule has 2 atom stereocenters. The second-order valence-electron chi connectivity index (χ2n) is 6.06. The lowest BCUT2D eigenvalue weighted by atomic mass is 9.92. The number of halogens is 2. The zero-order chi connectivity index (χ0) is 16.2. The van der Waals surface area contributed by atoms with Gasteiger partial charge in [-0.2, -0.15) is 0 Å². The number of nitrogens with zero attached hydrogens (tertiary/aromatic N) is 1. The molecule has 21 heavy (non-hydrogen) atoms. The molecule has 1 aromatic carbocycles. The van der Waals surface area contributed by atoms with Crippen LogP contribution in [0.25, 0.3) is 0 Å². The van der Waals surface area contributed by atoms with E-state index in [0.717, 1.165) is 12.1 Å². The number of hydrogen-bond acceptors (Lipinski definition) is 4. The first-order valence-corrected chi connectivity index (χ1v) is 8.26. The topological polar surface area (TPSA) is 81.5 Å². The average Bonchev–Trinajstić information content (AvgIpc) is 2.31. The predicted octanol–water partition coefficient (Wildman–Crippen LogP) is 1.63. The number of rotatable bonds is 1. The van der Waals surface area contributed by atoms with Crippen LogP contribution in [0.4, 0.5) is 14.5 Å². The van der Waals surface area contributed by atoms with Crippen molar-refractivity contribution in [2.24, 2.45) is 10.7 Å². The van der Waals surface area contributed by atoms with E-state index in [0.29, 0.717) is 0 Å². The molecule has 0 spiro atoms. The van der Waals surface area contributed by atoms with Gasteiger partial charge in [-0.15, -0.1) is 0 Å². The Hall–Kier alpha value is -1.63. The number of benzene rings is 1. The fraction of sp³-hybridized carbons (Fsp3) is 0.429. The van der Waals surface area contributed by atoms with Crippen molar-refractivity contribution in [1.29, 1.82) is 0 Å². The van der Waals surface area contributed by atoms with Crippen molar-refractivity contribution in [1.82, 2.24) is 0 Å². The third-order valence-electron chi connectivity index (χ3n) is 4.09. The van der Waals surface area contributed by atoms with Crippen molar-refractivity contribution in [3.05, 3.63) is 29.3 Å². The van der Waals surface area contributed by atoms with Gasteiger partial charge in [0, 0.05) is 5.75 Å². The van der Waals surface area contributed by atoms with Crippen molar-refractivity contribution >= 4 is 26.9 Å². The van der Waals surface area contributed by atoms with Crippen LogP contribution < -0.4 is 11.5 Å². The summed E-state index contributed by atoms with van der Waals surface area (Å²) in [6.07, 6.45) is 0. The minimum Gasteiger partial charge on any atom is -0.396 e. The highest BCUT2D eigenvalue weighted by molar-refractivity contribution is 8.02. The Morgan fingerprint density at radius 2 is 1.86 bits per heavy atom. The molecule has 7 heteroatoms. The van der Waals surface area contributed by atoms with E-state index in [4.69, 9.17) is 11.5 Å². The molecule has 1 heterocycles. The van der Waals surface area contributed by atoms with Gasteiger partial charge in [0.15, 0.2) is 5.82 Å². The SMILES string of the molecule is C=S1(=O)C[C@@](C)(c2c(F)ccc(N)c2F)N=C(N)C1(C)C. The van der Waals surface area contributed by atoms with Crippen LogP contribution >= 0.6 is 0 Å². The van der Waals surface area contributed by atoms with Gasteiger partial charge in [-0.05, 0) is 48.3 Å². The van der Waals surface area contributed by atoms with Crippen molar-refractivity contribution in [2.45, 2.75) is 31.1 Å². The standard InChI is InChI=1S/C14H19F2N3OS/c1-13(2)12(18)19-14(3,7-21(13,4)20)10-8(15)5-6-9(17)11(10)16/h5-6H,4,7,17H2,1-3H3,(H2,18,19)/t14-,21?/m0/s1. The van der Waals surface area contributed by atoms with Crippen molar-refractivity contribution in [3.8, 4) is 0 Å². The van der Waals surface area contributed by atoms with Crippen LogP contribution in [-0.4, -0.2) is 26.4 Å². The minimum atomic E-state index is -2.74. The molecule has 116 valence electrons. The molecule has 2 rings (SSSR count). The molecule has 1 aliphatic rings. The number of hydrogen-bond donors (Lipinski definition) is 2. The Balaban J connectivity index is 2.77. The molecular weight excluding hydrogens is 296 g/mol. The van der Waals surface area contributed by atoms with Crippen molar-refractivity contribution < 1.29 is 13.0 Å². The molecule has 1 unspecified atom stereocenters. The summed E-state index contributed by atoms with van der Waals surface area (Å²) in [6.45, 7) is 4.81. The van der Waals surface area contributed by atoms with Crippen LogP contribution in [0.1, 0.15) is 26.3 Å². The first kappa shape index (κ1) is 15.8. The molecule has 0 saturated carbocycles. The highest BCUT2D eigenvalue weighted by atomic mass is 32.2. The number of nitrogens with two attached hydrogens (primary N) is 2. The molecule has 0 aromatic heterocycles. The van der Waals surface area contributed by atoms with Gasteiger partial charge < -0.3 is 11.5 Å². The van der Waals surface area contributed by atoms with Gasteiger partial charge >= 0.3 is 0 Å². The first-order chi connectivity index (χ1) is 9.42. The van der Waals surface area contributed by atoms with E-state index in [9.17, 15) is 13.0 Å². The van der Waals surface area contributed by atoms with Gasteiger partial charge in [0.1, 0.15) is 17.2 Å². The summed E-state index contributed by atoms with van der Waals surface area (Å²) in [4.78, 5) is 4.24. The van der Waals surface area contributed by atoms with E-state index in [1.807, 2.05) is 0 Å². The summed E-state index contributed by atoms with van der Waals surface area (Å²) in [5, 5.41) is 0. The maximum absolute atomic E-state index is 14.3. The fourth-order valence-corrected chi connectivity index (χ4v) is 4.35. The molecule has 1 aromatic rings. The normalized spacial score (nSPS) is 31.8. The van der Waals surface area contributed by atoms with Crippen LogP contribution in [0.3, 0.4) is 0 Å².